The van der Waals surface area contributed by atoms with E-state index in [4.69, 9.17) is 5.73 Å². The van der Waals surface area contributed by atoms with Crippen molar-refractivity contribution < 1.29 is 13.2 Å². The van der Waals surface area contributed by atoms with Crippen LogP contribution in [0.5, 0.6) is 0 Å². The summed E-state index contributed by atoms with van der Waals surface area (Å²) in [5.74, 6) is 0.264. The third kappa shape index (κ3) is 3.45. The van der Waals surface area contributed by atoms with Crippen LogP contribution in [0, 0.1) is 0 Å². The maximum atomic E-state index is 13.4. The number of hydrogen-bond donors (Lipinski definition) is 2. The number of rotatable bonds is 4. The Morgan fingerprint density at radius 3 is 2.70 bits per heavy atom. The molecule has 0 aliphatic rings. The van der Waals surface area contributed by atoms with Gasteiger partial charge in [0.2, 0.25) is 0 Å². The smallest absolute Gasteiger partial charge is 0.384 e. The minimum atomic E-state index is -4.56. The standard InChI is InChI=1S/C16H12F3N7S/c17-16(18,19)14-9(7-26(24-14)10-4-2-1-3-5-10)8-27-11-6-12(20)21-15-13(11)22-25-23-15/h1-7H,8H2,(H3,20,21,22,23,25). The number of aromatic amines is 1. The van der Waals surface area contributed by atoms with Gasteiger partial charge in [-0.2, -0.15) is 18.3 Å². The number of nitrogens with one attached hydrogen (secondary N) is 1. The van der Waals surface area contributed by atoms with Gasteiger partial charge >= 0.3 is 6.18 Å². The lowest BCUT2D eigenvalue weighted by Gasteiger charge is -2.06. The van der Waals surface area contributed by atoms with Crippen molar-refractivity contribution in [1.82, 2.24) is 30.2 Å². The highest BCUT2D eigenvalue weighted by atomic mass is 32.2. The first kappa shape index (κ1) is 17.3. The Kier molecular flexibility index (Phi) is 4.22. The van der Waals surface area contributed by atoms with E-state index in [-0.39, 0.29) is 17.1 Å². The summed E-state index contributed by atoms with van der Waals surface area (Å²) in [7, 11) is 0. The van der Waals surface area contributed by atoms with Crippen molar-refractivity contribution in [3.05, 3.63) is 53.9 Å². The highest BCUT2D eigenvalue weighted by Gasteiger charge is 2.37. The van der Waals surface area contributed by atoms with E-state index in [1.807, 2.05) is 0 Å². The molecule has 138 valence electrons. The molecular formula is C16H12F3N7S. The van der Waals surface area contributed by atoms with Gasteiger partial charge in [0.1, 0.15) is 11.3 Å². The highest BCUT2D eigenvalue weighted by Crippen LogP contribution is 2.36. The van der Waals surface area contributed by atoms with Crippen LogP contribution in [0.15, 0.2) is 47.5 Å². The van der Waals surface area contributed by atoms with Crippen molar-refractivity contribution in [3.8, 4) is 5.69 Å². The molecule has 3 aromatic heterocycles. The van der Waals surface area contributed by atoms with Crippen LogP contribution in [0.3, 0.4) is 0 Å². The van der Waals surface area contributed by atoms with E-state index >= 15 is 0 Å². The van der Waals surface area contributed by atoms with Gasteiger partial charge in [-0.25, -0.2) is 14.8 Å². The van der Waals surface area contributed by atoms with Crippen LogP contribution in [0.1, 0.15) is 11.3 Å². The average molecular weight is 391 g/mol. The van der Waals surface area contributed by atoms with E-state index in [9.17, 15) is 13.2 Å². The number of thioether (sulfide) groups is 1. The predicted octanol–water partition coefficient (Wildman–Crippen LogP) is 3.43. The van der Waals surface area contributed by atoms with E-state index in [1.54, 1.807) is 36.4 Å². The lowest BCUT2D eigenvalue weighted by atomic mass is 10.3. The molecule has 0 radical (unpaired) electrons. The first-order chi connectivity index (χ1) is 12.9. The minimum Gasteiger partial charge on any atom is -0.384 e. The number of para-hydroxylation sites is 1. The Morgan fingerprint density at radius 2 is 1.96 bits per heavy atom. The number of anilines is 1. The zero-order chi connectivity index (χ0) is 19.0. The molecule has 27 heavy (non-hydrogen) atoms. The maximum Gasteiger partial charge on any atom is 0.435 e. The summed E-state index contributed by atoms with van der Waals surface area (Å²) >= 11 is 1.16. The zero-order valence-electron chi connectivity index (χ0n) is 13.6. The minimum absolute atomic E-state index is 0.0348. The zero-order valence-corrected chi connectivity index (χ0v) is 14.4. The number of nitrogens with zero attached hydrogens (tertiary/aromatic N) is 5. The van der Waals surface area contributed by atoms with Gasteiger partial charge in [-0.3, -0.25) is 0 Å². The second kappa shape index (κ2) is 6.58. The quantitative estimate of drug-likeness (QED) is 0.517. The molecule has 3 N–H and O–H groups in total. The van der Waals surface area contributed by atoms with Crippen LogP contribution < -0.4 is 5.73 Å². The molecule has 0 aliphatic heterocycles. The molecule has 0 fully saturated rings. The summed E-state index contributed by atoms with van der Waals surface area (Å²) in [5, 5.41) is 13.9. The molecule has 0 saturated heterocycles. The van der Waals surface area contributed by atoms with Crippen LogP contribution in [0.4, 0.5) is 19.0 Å². The monoisotopic (exact) mass is 391 g/mol. The van der Waals surface area contributed by atoms with Crippen LogP contribution in [0.2, 0.25) is 0 Å². The number of nitrogen functional groups attached to an aromatic ring is 1. The number of fused-ring (bicyclic) bond motifs is 1. The average Bonchev–Trinajstić information content (AvgIpc) is 3.27. The lowest BCUT2D eigenvalue weighted by molar-refractivity contribution is -0.141. The van der Waals surface area contributed by atoms with Crippen molar-refractivity contribution in [2.75, 3.05) is 5.73 Å². The number of aromatic nitrogens is 6. The van der Waals surface area contributed by atoms with E-state index < -0.39 is 11.9 Å². The molecule has 0 aliphatic carbocycles. The largest absolute Gasteiger partial charge is 0.435 e. The number of alkyl halides is 3. The van der Waals surface area contributed by atoms with Crippen LogP contribution in [-0.2, 0) is 11.9 Å². The molecule has 0 atom stereocenters. The fourth-order valence-corrected chi connectivity index (χ4v) is 3.56. The summed E-state index contributed by atoms with van der Waals surface area (Å²) in [5.41, 5.74) is 6.26. The van der Waals surface area contributed by atoms with Crippen LogP contribution >= 0.6 is 11.8 Å². The van der Waals surface area contributed by atoms with Crippen molar-refractivity contribution in [3.63, 3.8) is 0 Å². The van der Waals surface area contributed by atoms with Gasteiger partial charge in [0.05, 0.1) is 5.69 Å². The van der Waals surface area contributed by atoms with Gasteiger partial charge in [0.15, 0.2) is 11.3 Å². The fraction of sp³-hybridized carbons (Fsp3) is 0.125. The van der Waals surface area contributed by atoms with Gasteiger partial charge in [0.25, 0.3) is 0 Å². The summed E-state index contributed by atoms with van der Waals surface area (Å²) < 4.78 is 41.5. The lowest BCUT2D eigenvalue weighted by Crippen LogP contribution is -2.09. The second-order valence-electron chi connectivity index (χ2n) is 5.62. The Hall–Kier alpha value is -3.08. The van der Waals surface area contributed by atoms with E-state index in [2.05, 4.69) is 25.5 Å². The number of hydrogen-bond acceptors (Lipinski definition) is 6. The van der Waals surface area contributed by atoms with E-state index in [1.165, 1.54) is 10.9 Å². The van der Waals surface area contributed by atoms with Gasteiger partial charge < -0.3 is 5.73 Å². The van der Waals surface area contributed by atoms with Crippen LogP contribution in [0.25, 0.3) is 16.9 Å². The Morgan fingerprint density at radius 1 is 1.19 bits per heavy atom. The molecule has 3 heterocycles. The van der Waals surface area contributed by atoms with Crippen molar-refractivity contribution in [2.45, 2.75) is 16.8 Å². The molecule has 4 rings (SSSR count). The van der Waals surface area contributed by atoms with Crippen molar-refractivity contribution in [2.24, 2.45) is 0 Å². The highest BCUT2D eigenvalue weighted by molar-refractivity contribution is 7.98. The number of H-pyrrole nitrogens is 1. The first-order valence-electron chi connectivity index (χ1n) is 7.73. The second-order valence-corrected chi connectivity index (χ2v) is 6.64. The molecule has 0 amide bonds. The number of benzene rings is 1. The van der Waals surface area contributed by atoms with Gasteiger partial charge in [-0.05, 0) is 18.2 Å². The number of halogens is 3. The first-order valence-corrected chi connectivity index (χ1v) is 8.71. The Balaban J connectivity index is 1.68. The van der Waals surface area contributed by atoms with E-state index in [0.717, 1.165) is 11.8 Å². The maximum absolute atomic E-state index is 13.4. The van der Waals surface area contributed by atoms with Crippen molar-refractivity contribution >= 4 is 28.7 Å². The van der Waals surface area contributed by atoms with Gasteiger partial charge in [-0.1, -0.05) is 23.4 Å². The third-order valence-electron chi connectivity index (χ3n) is 3.75. The van der Waals surface area contributed by atoms with Gasteiger partial charge in [0, 0.05) is 22.4 Å². The summed E-state index contributed by atoms with van der Waals surface area (Å²) in [6, 6.07) is 10.2. The molecule has 4 aromatic rings. The Bertz CT molecular complexity index is 1090. The molecule has 1 aromatic carbocycles. The normalized spacial score (nSPS) is 12.0. The molecule has 7 nitrogen and oxygen atoms in total. The Labute approximate surface area is 154 Å². The molecule has 11 heteroatoms. The van der Waals surface area contributed by atoms with Crippen LogP contribution in [-0.4, -0.2) is 30.2 Å². The molecular weight excluding hydrogens is 379 g/mol. The summed E-state index contributed by atoms with van der Waals surface area (Å²) in [4.78, 5) is 4.63. The molecule has 0 unspecified atom stereocenters. The van der Waals surface area contributed by atoms with E-state index in [0.29, 0.717) is 21.7 Å². The van der Waals surface area contributed by atoms with Gasteiger partial charge in [-0.15, -0.1) is 16.9 Å². The third-order valence-corrected chi connectivity index (χ3v) is 4.82. The topological polar surface area (TPSA) is 98.3 Å². The fourth-order valence-electron chi connectivity index (χ4n) is 2.56. The SMILES string of the molecule is Nc1cc(SCc2cn(-c3ccccc3)nc2C(F)(F)F)c2nn[nH]c2n1. The predicted molar refractivity (Wildman–Crippen MR) is 94.2 cm³/mol. The molecule has 0 bridgehead atoms. The summed E-state index contributed by atoms with van der Waals surface area (Å²) in [6.07, 6.45) is -3.17. The summed E-state index contributed by atoms with van der Waals surface area (Å²) in [6.45, 7) is 0. The number of pyridine rings is 1. The molecule has 0 saturated carbocycles. The molecule has 0 spiro atoms. The number of nitrogens with two attached hydrogens (primary N) is 1. The van der Waals surface area contributed by atoms with Crippen molar-refractivity contribution in [1.29, 1.82) is 0 Å².